The van der Waals surface area contributed by atoms with Crippen molar-refractivity contribution in [1.82, 2.24) is 4.31 Å². The first-order valence-corrected chi connectivity index (χ1v) is 8.37. The van der Waals surface area contributed by atoms with E-state index >= 15 is 0 Å². The molecule has 4 nitrogen and oxygen atoms in total. The van der Waals surface area contributed by atoms with Gasteiger partial charge in [0.1, 0.15) is 4.90 Å². The van der Waals surface area contributed by atoms with E-state index < -0.39 is 10.0 Å². The van der Waals surface area contributed by atoms with E-state index in [1.54, 1.807) is 6.08 Å². The van der Waals surface area contributed by atoms with E-state index in [1.807, 2.05) is 6.92 Å². The normalized spacial score (nSPS) is 11.8. The van der Waals surface area contributed by atoms with Crippen LogP contribution in [0, 0.1) is 0 Å². The van der Waals surface area contributed by atoms with Crippen LogP contribution in [-0.4, -0.2) is 25.8 Å². The number of hydrogen-bond donors (Lipinski definition) is 1. The first-order valence-electron chi connectivity index (χ1n) is 6.18. The van der Waals surface area contributed by atoms with E-state index in [2.05, 4.69) is 6.58 Å². The predicted octanol–water partition coefficient (Wildman–Crippen LogP) is 3.04. The van der Waals surface area contributed by atoms with Crippen molar-refractivity contribution in [2.45, 2.75) is 24.8 Å². The molecule has 0 radical (unpaired) electrons. The molecule has 1 rings (SSSR count). The van der Waals surface area contributed by atoms with E-state index in [0.717, 1.165) is 0 Å². The average molecular weight is 337 g/mol. The molecule has 0 spiro atoms. The lowest BCUT2D eigenvalue weighted by molar-refractivity contribution is 0.441. The van der Waals surface area contributed by atoms with Gasteiger partial charge in [0, 0.05) is 30.2 Å². The molecule has 0 aliphatic heterocycles. The highest BCUT2D eigenvalue weighted by Crippen LogP contribution is 2.32. The van der Waals surface area contributed by atoms with Crippen molar-refractivity contribution in [3.63, 3.8) is 0 Å². The minimum absolute atomic E-state index is 0.0271. The fourth-order valence-corrected chi connectivity index (χ4v) is 4.21. The Morgan fingerprint density at radius 3 is 2.55 bits per heavy atom. The number of sulfonamides is 1. The van der Waals surface area contributed by atoms with Crippen LogP contribution >= 0.6 is 23.2 Å². The molecular formula is C13H18Cl2N2O2S. The topological polar surface area (TPSA) is 63.4 Å². The fraction of sp³-hybridized carbons (Fsp3) is 0.385. The maximum absolute atomic E-state index is 12.6. The predicted molar refractivity (Wildman–Crippen MR) is 83.6 cm³/mol. The largest absolute Gasteiger partial charge is 0.326 e. The van der Waals surface area contributed by atoms with Crippen molar-refractivity contribution >= 4 is 33.2 Å². The smallest absolute Gasteiger partial charge is 0.244 e. The summed E-state index contributed by atoms with van der Waals surface area (Å²) in [6.45, 7) is 6.19. The molecule has 0 fully saturated rings. The zero-order chi connectivity index (χ0) is 15.3. The first kappa shape index (κ1) is 17.5. The average Bonchev–Trinajstić information content (AvgIpc) is 2.38. The number of nitrogens with zero attached hydrogens (tertiary/aromatic N) is 1. The minimum atomic E-state index is -3.69. The summed E-state index contributed by atoms with van der Waals surface area (Å²) in [6.07, 6.45) is 2.24. The van der Waals surface area contributed by atoms with Crippen molar-refractivity contribution in [1.29, 1.82) is 0 Å². The summed E-state index contributed by atoms with van der Waals surface area (Å²) in [5.74, 6) is 0. The summed E-state index contributed by atoms with van der Waals surface area (Å²) in [5, 5.41) is 0.451. The molecule has 1 aromatic carbocycles. The summed E-state index contributed by atoms with van der Waals surface area (Å²) in [4.78, 5) is 0.0271. The molecular weight excluding hydrogens is 319 g/mol. The van der Waals surface area contributed by atoms with E-state index in [-0.39, 0.29) is 23.0 Å². The van der Waals surface area contributed by atoms with Crippen LogP contribution in [0.15, 0.2) is 29.7 Å². The molecule has 0 aliphatic carbocycles. The Bertz CT molecular complexity index is 588. The third-order valence-electron chi connectivity index (χ3n) is 2.78. The molecule has 20 heavy (non-hydrogen) atoms. The van der Waals surface area contributed by atoms with Crippen LogP contribution in [0.1, 0.15) is 18.9 Å². The van der Waals surface area contributed by atoms with Gasteiger partial charge in [-0.15, -0.1) is 6.58 Å². The van der Waals surface area contributed by atoms with Crippen LogP contribution < -0.4 is 5.73 Å². The quantitative estimate of drug-likeness (QED) is 0.778. The zero-order valence-corrected chi connectivity index (χ0v) is 13.6. The fourth-order valence-electron chi connectivity index (χ4n) is 1.80. The highest BCUT2D eigenvalue weighted by molar-refractivity contribution is 7.89. The van der Waals surface area contributed by atoms with Gasteiger partial charge in [0.05, 0.1) is 5.02 Å². The SMILES string of the molecule is C=CCN(CCC)S(=O)(=O)c1ccc(Cl)c(CN)c1Cl. The third-order valence-corrected chi connectivity index (χ3v) is 5.58. The molecule has 0 bridgehead atoms. The summed E-state index contributed by atoms with van der Waals surface area (Å²) in [5.41, 5.74) is 6.00. The van der Waals surface area contributed by atoms with Gasteiger partial charge in [0.15, 0.2) is 0 Å². The second-order valence-electron chi connectivity index (χ2n) is 4.19. The number of benzene rings is 1. The summed E-state index contributed by atoms with van der Waals surface area (Å²) < 4.78 is 26.6. The molecule has 2 N–H and O–H groups in total. The van der Waals surface area contributed by atoms with Gasteiger partial charge in [-0.3, -0.25) is 0 Å². The van der Waals surface area contributed by atoms with Gasteiger partial charge in [0.25, 0.3) is 0 Å². The molecule has 0 aromatic heterocycles. The second-order valence-corrected chi connectivity index (χ2v) is 6.89. The van der Waals surface area contributed by atoms with Crippen LogP contribution in [0.2, 0.25) is 10.0 Å². The Labute approximate surface area is 130 Å². The van der Waals surface area contributed by atoms with Gasteiger partial charge in [-0.2, -0.15) is 4.31 Å². The van der Waals surface area contributed by atoms with Crippen LogP contribution in [0.25, 0.3) is 0 Å². The van der Waals surface area contributed by atoms with Crippen molar-refractivity contribution in [3.8, 4) is 0 Å². The van der Waals surface area contributed by atoms with Gasteiger partial charge in [-0.1, -0.05) is 36.2 Å². The van der Waals surface area contributed by atoms with E-state index in [0.29, 0.717) is 23.6 Å². The van der Waals surface area contributed by atoms with Crippen molar-refractivity contribution in [3.05, 3.63) is 40.4 Å². The van der Waals surface area contributed by atoms with Gasteiger partial charge in [0.2, 0.25) is 10.0 Å². The molecule has 0 heterocycles. The van der Waals surface area contributed by atoms with Gasteiger partial charge >= 0.3 is 0 Å². The van der Waals surface area contributed by atoms with Gasteiger partial charge in [-0.05, 0) is 18.6 Å². The molecule has 0 aliphatic rings. The van der Waals surface area contributed by atoms with Crippen LogP contribution in [0.5, 0.6) is 0 Å². The monoisotopic (exact) mass is 336 g/mol. The Morgan fingerprint density at radius 2 is 2.05 bits per heavy atom. The Balaban J connectivity index is 3.37. The molecule has 0 unspecified atom stereocenters. The lowest BCUT2D eigenvalue weighted by Gasteiger charge is -2.21. The van der Waals surface area contributed by atoms with Gasteiger partial charge < -0.3 is 5.73 Å². The Hall–Kier alpha value is -0.590. The highest BCUT2D eigenvalue weighted by atomic mass is 35.5. The zero-order valence-electron chi connectivity index (χ0n) is 11.3. The molecule has 7 heteroatoms. The standard InChI is InChI=1S/C13H18Cl2N2O2S/c1-3-7-17(8-4-2)20(18,19)12-6-5-11(14)10(9-16)13(12)15/h3,5-6H,1,4,7-9,16H2,2H3. The van der Waals surface area contributed by atoms with Crippen molar-refractivity contribution in [2.24, 2.45) is 5.73 Å². The molecule has 1 aromatic rings. The maximum atomic E-state index is 12.6. The van der Waals surface area contributed by atoms with Gasteiger partial charge in [-0.25, -0.2) is 8.42 Å². The van der Waals surface area contributed by atoms with Crippen LogP contribution in [0.4, 0.5) is 0 Å². The molecule has 112 valence electrons. The summed E-state index contributed by atoms with van der Waals surface area (Å²) in [6, 6.07) is 2.91. The van der Waals surface area contributed by atoms with E-state index in [4.69, 9.17) is 28.9 Å². The molecule has 0 amide bonds. The lowest BCUT2D eigenvalue weighted by Crippen LogP contribution is -2.32. The van der Waals surface area contributed by atoms with E-state index in [1.165, 1.54) is 16.4 Å². The lowest BCUT2D eigenvalue weighted by atomic mass is 10.2. The molecule has 0 atom stereocenters. The van der Waals surface area contributed by atoms with Crippen LogP contribution in [0.3, 0.4) is 0 Å². The maximum Gasteiger partial charge on any atom is 0.244 e. The number of halogens is 2. The molecule has 0 saturated carbocycles. The summed E-state index contributed by atoms with van der Waals surface area (Å²) >= 11 is 12.1. The second kappa shape index (κ2) is 7.43. The van der Waals surface area contributed by atoms with Crippen molar-refractivity contribution < 1.29 is 8.42 Å². The Morgan fingerprint density at radius 1 is 1.40 bits per heavy atom. The third kappa shape index (κ3) is 3.54. The highest BCUT2D eigenvalue weighted by Gasteiger charge is 2.27. The number of rotatable bonds is 7. The summed E-state index contributed by atoms with van der Waals surface area (Å²) in [7, 11) is -3.69. The first-order chi connectivity index (χ1) is 9.39. The van der Waals surface area contributed by atoms with E-state index in [9.17, 15) is 8.42 Å². The minimum Gasteiger partial charge on any atom is -0.326 e. The molecule has 0 saturated heterocycles. The number of nitrogens with two attached hydrogens (primary N) is 1. The Kier molecular flexibility index (Phi) is 6.48. The number of hydrogen-bond acceptors (Lipinski definition) is 3. The van der Waals surface area contributed by atoms with Crippen molar-refractivity contribution in [2.75, 3.05) is 13.1 Å². The van der Waals surface area contributed by atoms with Crippen LogP contribution in [-0.2, 0) is 16.6 Å².